The van der Waals surface area contributed by atoms with E-state index in [0.717, 1.165) is 41.5 Å². The van der Waals surface area contributed by atoms with Crippen LogP contribution in [-0.2, 0) is 0 Å². The highest BCUT2D eigenvalue weighted by molar-refractivity contribution is 9.10. The number of nitrogens with one attached hydrogen (secondary N) is 1. The van der Waals surface area contributed by atoms with Crippen molar-refractivity contribution in [3.8, 4) is 0 Å². The van der Waals surface area contributed by atoms with Crippen molar-refractivity contribution in [3.05, 3.63) is 21.8 Å². The second kappa shape index (κ2) is 4.99. The fourth-order valence-electron chi connectivity index (χ4n) is 3.17. The van der Waals surface area contributed by atoms with Gasteiger partial charge >= 0.3 is 0 Å². The Morgan fingerprint density at radius 2 is 2.33 bits per heavy atom. The van der Waals surface area contributed by atoms with E-state index in [-0.39, 0.29) is 0 Å². The molecule has 3 heterocycles. The van der Waals surface area contributed by atoms with Gasteiger partial charge in [-0.25, -0.2) is 4.98 Å². The molecular weight excluding hydrogens is 314 g/mol. The summed E-state index contributed by atoms with van der Waals surface area (Å²) >= 11 is 9.71. The van der Waals surface area contributed by atoms with Crippen LogP contribution in [0.3, 0.4) is 0 Å². The summed E-state index contributed by atoms with van der Waals surface area (Å²) in [5.41, 5.74) is 0.441. The number of piperidine rings is 1. The van der Waals surface area contributed by atoms with Crippen LogP contribution in [-0.4, -0.2) is 31.2 Å². The van der Waals surface area contributed by atoms with Crippen LogP contribution in [0.2, 0.25) is 5.02 Å². The number of hydrogen-bond acceptors (Lipinski definition) is 3. The Morgan fingerprint density at radius 1 is 1.44 bits per heavy atom. The van der Waals surface area contributed by atoms with Crippen LogP contribution in [0.4, 0.5) is 5.82 Å². The Labute approximate surface area is 121 Å². The Morgan fingerprint density at radius 3 is 3.06 bits per heavy atom. The van der Waals surface area contributed by atoms with E-state index in [1.54, 1.807) is 0 Å². The van der Waals surface area contributed by atoms with Gasteiger partial charge in [0.15, 0.2) is 0 Å². The second-order valence-corrected chi connectivity index (χ2v) is 6.73. The lowest BCUT2D eigenvalue weighted by molar-refractivity contribution is 0.260. The molecule has 0 aliphatic carbocycles. The molecule has 1 unspecified atom stereocenters. The molecule has 2 aliphatic heterocycles. The van der Waals surface area contributed by atoms with Crippen LogP contribution in [0.5, 0.6) is 0 Å². The van der Waals surface area contributed by atoms with Gasteiger partial charge in [-0.3, -0.25) is 0 Å². The van der Waals surface area contributed by atoms with E-state index in [0.29, 0.717) is 5.41 Å². The van der Waals surface area contributed by atoms with Gasteiger partial charge in [0.05, 0.1) is 5.02 Å². The van der Waals surface area contributed by atoms with Gasteiger partial charge < -0.3 is 10.2 Å². The van der Waals surface area contributed by atoms with Gasteiger partial charge in [-0.15, -0.1) is 0 Å². The van der Waals surface area contributed by atoms with Crippen LogP contribution >= 0.6 is 27.5 Å². The van der Waals surface area contributed by atoms with E-state index < -0.39 is 0 Å². The smallest absolute Gasteiger partial charge is 0.147 e. The topological polar surface area (TPSA) is 28.2 Å². The molecule has 0 saturated carbocycles. The molecule has 18 heavy (non-hydrogen) atoms. The maximum Gasteiger partial charge on any atom is 0.147 e. The Bertz CT molecular complexity index is 446. The van der Waals surface area contributed by atoms with Gasteiger partial charge in [0.1, 0.15) is 5.82 Å². The monoisotopic (exact) mass is 329 g/mol. The molecule has 1 aromatic heterocycles. The zero-order valence-electron chi connectivity index (χ0n) is 10.3. The molecular formula is C13H17BrClN3. The van der Waals surface area contributed by atoms with Crippen molar-refractivity contribution in [2.45, 2.75) is 19.3 Å². The third kappa shape index (κ3) is 2.38. The lowest BCUT2D eigenvalue weighted by Gasteiger charge is -2.40. The first kappa shape index (κ1) is 12.7. The van der Waals surface area contributed by atoms with E-state index in [9.17, 15) is 0 Å². The van der Waals surface area contributed by atoms with Crippen molar-refractivity contribution in [2.75, 3.05) is 31.1 Å². The quantitative estimate of drug-likeness (QED) is 0.858. The largest absolute Gasteiger partial charge is 0.355 e. The lowest BCUT2D eigenvalue weighted by atomic mass is 9.79. The molecule has 2 aliphatic rings. The van der Waals surface area contributed by atoms with Crippen molar-refractivity contribution < 1.29 is 0 Å². The summed E-state index contributed by atoms with van der Waals surface area (Å²) < 4.78 is 0.936. The molecule has 0 bridgehead atoms. The normalized spacial score (nSPS) is 28.0. The first-order valence-electron chi connectivity index (χ1n) is 6.45. The van der Waals surface area contributed by atoms with Gasteiger partial charge in [-0.05, 0) is 47.8 Å². The number of nitrogens with zero attached hydrogens (tertiary/aromatic N) is 2. The second-order valence-electron chi connectivity index (χ2n) is 5.41. The molecule has 5 heteroatoms. The third-order valence-corrected chi connectivity index (χ3v) is 4.79. The van der Waals surface area contributed by atoms with Crippen molar-refractivity contribution in [2.24, 2.45) is 5.41 Å². The minimum Gasteiger partial charge on any atom is -0.355 e. The highest BCUT2D eigenvalue weighted by atomic mass is 79.9. The fraction of sp³-hybridized carbons (Fsp3) is 0.615. The predicted molar refractivity (Wildman–Crippen MR) is 78.3 cm³/mol. The molecule has 1 aromatic rings. The summed E-state index contributed by atoms with van der Waals surface area (Å²) in [4.78, 5) is 6.84. The van der Waals surface area contributed by atoms with Gasteiger partial charge in [0, 0.05) is 35.7 Å². The Balaban J connectivity index is 1.83. The van der Waals surface area contributed by atoms with Gasteiger partial charge in [-0.2, -0.15) is 0 Å². The standard InChI is InChI=1S/C13H17BrClN3/c14-10-6-11(15)12(17-7-10)18-5-1-2-13(9-18)3-4-16-8-13/h6-7,16H,1-5,8-9H2. The summed E-state index contributed by atoms with van der Waals surface area (Å²) in [7, 11) is 0. The number of hydrogen-bond donors (Lipinski definition) is 1. The summed E-state index contributed by atoms with van der Waals surface area (Å²) in [5.74, 6) is 0.936. The number of halogens is 2. The Hall–Kier alpha value is -0.320. The molecule has 3 nitrogen and oxygen atoms in total. The number of aromatic nitrogens is 1. The molecule has 1 atom stereocenters. The summed E-state index contributed by atoms with van der Waals surface area (Å²) in [6.07, 6.45) is 5.66. The van der Waals surface area contributed by atoms with Gasteiger partial charge in [0.2, 0.25) is 0 Å². The summed E-state index contributed by atoms with van der Waals surface area (Å²) in [6.45, 7) is 4.43. The summed E-state index contributed by atoms with van der Waals surface area (Å²) in [5, 5.41) is 4.23. The molecule has 0 aromatic carbocycles. The maximum absolute atomic E-state index is 6.31. The highest BCUT2D eigenvalue weighted by Crippen LogP contribution is 2.38. The molecule has 2 fully saturated rings. The zero-order chi connectivity index (χ0) is 12.6. The van der Waals surface area contributed by atoms with Crippen LogP contribution in [0.15, 0.2) is 16.7 Å². The zero-order valence-corrected chi connectivity index (χ0v) is 12.6. The predicted octanol–water partition coefficient (Wildman–Crippen LogP) is 3.08. The van der Waals surface area contributed by atoms with Crippen molar-refractivity contribution >= 4 is 33.3 Å². The molecule has 2 saturated heterocycles. The van der Waals surface area contributed by atoms with Gasteiger partial charge in [-0.1, -0.05) is 11.6 Å². The van der Waals surface area contributed by atoms with Crippen molar-refractivity contribution in [3.63, 3.8) is 0 Å². The van der Waals surface area contributed by atoms with Crippen LogP contribution in [0.1, 0.15) is 19.3 Å². The third-order valence-electron chi connectivity index (χ3n) is 4.08. The number of rotatable bonds is 1. The average Bonchev–Trinajstić information content (AvgIpc) is 2.77. The van der Waals surface area contributed by atoms with Gasteiger partial charge in [0.25, 0.3) is 0 Å². The maximum atomic E-state index is 6.31. The van der Waals surface area contributed by atoms with Crippen LogP contribution < -0.4 is 10.2 Å². The first-order chi connectivity index (χ1) is 8.69. The van der Waals surface area contributed by atoms with Crippen LogP contribution in [0, 0.1) is 5.41 Å². The lowest BCUT2D eigenvalue weighted by Crippen LogP contribution is -2.45. The van der Waals surface area contributed by atoms with E-state index in [1.807, 2.05) is 12.3 Å². The number of anilines is 1. The van der Waals surface area contributed by atoms with E-state index in [2.05, 4.69) is 31.1 Å². The molecule has 1 spiro atoms. The Kier molecular flexibility index (Phi) is 3.52. The fourth-order valence-corrected chi connectivity index (χ4v) is 3.92. The van der Waals surface area contributed by atoms with E-state index >= 15 is 0 Å². The minimum atomic E-state index is 0.441. The average molecular weight is 331 g/mol. The van der Waals surface area contributed by atoms with E-state index in [1.165, 1.54) is 19.3 Å². The SMILES string of the molecule is Clc1cc(Br)cnc1N1CCCC2(CCNC2)C1. The molecule has 0 amide bonds. The van der Waals surface area contributed by atoms with E-state index in [4.69, 9.17) is 11.6 Å². The van der Waals surface area contributed by atoms with Crippen molar-refractivity contribution in [1.29, 1.82) is 0 Å². The van der Waals surface area contributed by atoms with Crippen molar-refractivity contribution in [1.82, 2.24) is 10.3 Å². The first-order valence-corrected chi connectivity index (χ1v) is 7.62. The van der Waals surface area contributed by atoms with Crippen LogP contribution in [0.25, 0.3) is 0 Å². The minimum absolute atomic E-state index is 0.441. The molecule has 1 N–H and O–H groups in total. The molecule has 3 rings (SSSR count). The number of pyridine rings is 1. The molecule has 98 valence electrons. The summed E-state index contributed by atoms with van der Waals surface area (Å²) in [6, 6.07) is 1.93. The molecule has 0 radical (unpaired) electrons. The highest BCUT2D eigenvalue weighted by Gasteiger charge is 2.38.